The lowest BCUT2D eigenvalue weighted by Crippen LogP contribution is -2.36. The van der Waals surface area contributed by atoms with Gasteiger partial charge in [-0.05, 0) is 32.9 Å². The van der Waals surface area contributed by atoms with E-state index >= 15 is 0 Å². The van der Waals surface area contributed by atoms with Gasteiger partial charge in [0.2, 0.25) is 6.04 Å². The molecule has 0 saturated heterocycles. The van der Waals surface area contributed by atoms with Crippen LogP contribution in [0.25, 0.3) is 0 Å². The molecule has 2 rings (SSSR count). The number of benzene rings is 2. The summed E-state index contributed by atoms with van der Waals surface area (Å²) in [6.45, 7) is 5.58. The maximum absolute atomic E-state index is 13.1. The van der Waals surface area contributed by atoms with E-state index in [4.69, 9.17) is 42.3 Å². The number of amides is 1. The van der Waals surface area contributed by atoms with Crippen LogP contribution in [-0.4, -0.2) is 45.2 Å². The fraction of sp³-hybridized carbons (Fsp3) is 0.364. The van der Waals surface area contributed by atoms with Crippen molar-refractivity contribution in [3.63, 3.8) is 0 Å². The Morgan fingerprint density at radius 2 is 1.70 bits per heavy atom. The van der Waals surface area contributed by atoms with E-state index in [1.54, 1.807) is 25.1 Å². The molecule has 0 heterocycles. The Bertz CT molecular complexity index is 1030. The molecule has 33 heavy (non-hydrogen) atoms. The predicted octanol–water partition coefficient (Wildman–Crippen LogP) is 5.38. The molecule has 0 saturated carbocycles. The van der Waals surface area contributed by atoms with E-state index in [0.29, 0.717) is 30.5 Å². The molecule has 1 unspecified atom stereocenters. The van der Waals surface area contributed by atoms with E-state index in [-0.39, 0.29) is 22.1 Å². The minimum Gasteiger partial charge on any atom is -0.497 e. The minimum absolute atomic E-state index is 0.133. The van der Waals surface area contributed by atoms with Gasteiger partial charge in [-0.15, -0.1) is 5.11 Å². The lowest BCUT2D eigenvalue weighted by atomic mass is 10.2. The molecule has 1 amide bonds. The zero-order valence-electron chi connectivity index (χ0n) is 18.9. The van der Waals surface area contributed by atoms with Crippen molar-refractivity contribution in [1.82, 2.24) is 0 Å². The standard InChI is InChI=1S/C22H25Cl2N3O6/c1-6-32-14-8-9-18(33-7-2)17(11-14)27(24)22(29)20(13(3)28)25-26-21-16(23)10-15(30-4)12-19(21)31-5/h8-12,20H,6-7H2,1-5H3. The summed E-state index contributed by atoms with van der Waals surface area (Å²) in [4.78, 5) is 25.4. The molecule has 0 aliphatic heterocycles. The van der Waals surface area contributed by atoms with E-state index in [1.807, 2.05) is 6.92 Å². The topological polar surface area (TPSA) is 99.0 Å². The Morgan fingerprint density at radius 3 is 2.27 bits per heavy atom. The van der Waals surface area contributed by atoms with Crippen molar-refractivity contribution in [3.8, 4) is 23.0 Å². The predicted molar refractivity (Wildman–Crippen MR) is 126 cm³/mol. The zero-order valence-corrected chi connectivity index (χ0v) is 20.4. The van der Waals surface area contributed by atoms with Gasteiger partial charge in [-0.1, -0.05) is 11.6 Å². The fourth-order valence-corrected chi connectivity index (χ4v) is 3.21. The molecule has 178 valence electrons. The van der Waals surface area contributed by atoms with Crippen molar-refractivity contribution >= 4 is 46.4 Å². The van der Waals surface area contributed by atoms with Gasteiger partial charge in [-0.3, -0.25) is 9.59 Å². The first-order valence-electron chi connectivity index (χ1n) is 9.99. The molecule has 0 spiro atoms. The third kappa shape index (κ3) is 6.49. The number of halogens is 2. The highest BCUT2D eigenvalue weighted by molar-refractivity contribution is 6.39. The SMILES string of the molecule is CCOc1ccc(OCC)c(N(Cl)C(=O)C(N=Nc2c(Cl)cc(OC)cc2OC)C(C)=O)c1. The molecule has 1 atom stereocenters. The molecule has 9 nitrogen and oxygen atoms in total. The molecule has 0 aliphatic carbocycles. The van der Waals surface area contributed by atoms with E-state index in [1.165, 1.54) is 33.3 Å². The van der Waals surface area contributed by atoms with Gasteiger partial charge in [0.15, 0.2) is 11.5 Å². The molecular weight excluding hydrogens is 473 g/mol. The van der Waals surface area contributed by atoms with Crippen molar-refractivity contribution in [1.29, 1.82) is 0 Å². The summed E-state index contributed by atoms with van der Waals surface area (Å²) in [5, 5.41) is 8.09. The first-order chi connectivity index (χ1) is 15.8. The normalized spacial score (nSPS) is 11.7. The number of Topliss-reactive ketones (excluding diaryl/α,β-unsaturated/α-hetero) is 1. The van der Waals surface area contributed by atoms with Crippen LogP contribution in [0.2, 0.25) is 5.02 Å². The molecule has 0 bridgehead atoms. The van der Waals surface area contributed by atoms with Crippen LogP contribution >= 0.6 is 23.4 Å². The second-order valence-corrected chi connectivity index (χ2v) is 7.25. The highest BCUT2D eigenvalue weighted by Gasteiger charge is 2.31. The van der Waals surface area contributed by atoms with Crippen LogP contribution in [0.3, 0.4) is 0 Å². The number of ether oxygens (including phenoxy) is 4. The number of rotatable bonds is 11. The number of anilines is 1. The van der Waals surface area contributed by atoms with Gasteiger partial charge in [0.05, 0.1) is 32.5 Å². The quantitative estimate of drug-likeness (QED) is 0.234. The average Bonchev–Trinajstić information content (AvgIpc) is 2.80. The van der Waals surface area contributed by atoms with Crippen LogP contribution in [0.1, 0.15) is 20.8 Å². The van der Waals surface area contributed by atoms with E-state index in [2.05, 4.69) is 10.2 Å². The Morgan fingerprint density at radius 1 is 1.00 bits per heavy atom. The van der Waals surface area contributed by atoms with Gasteiger partial charge in [-0.25, -0.2) is 4.42 Å². The number of ketones is 1. The summed E-state index contributed by atoms with van der Waals surface area (Å²) in [7, 11) is 2.89. The molecule has 2 aromatic rings. The summed E-state index contributed by atoms with van der Waals surface area (Å²) in [5.41, 5.74) is 0.337. The van der Waals surface area contributed by atoms with Crippen molar-refractivity contribution in [3.05, 3.63) is 35.4 Å². The van der Waals surface area contributed by atoms with E-state index in [9.17, 15) is 9.59 Å². The second kappa shape index (κ2) is 12.3. The number of carbonyl (C=O) groups excluding carboxylic acids is 2. The van der Waals surface area contributed by atoms with Crippen molar-refractivity contribution in [2.24, 2.45) is 10.2 Å². The van der Waals surface area contributed by atoms with Gasteiger partial charge >= 0.3 is 0 Å². The molecule has 0 radical (unpaired) electrons. The molecular formula is C22H25Cl2N3O6. The highest BCUT2D eigenvalue weighted by Crippen LogP contribution is 2.40. The number of azo groups is 1. The number of hydrogen-bond acceptors (Lipinski definition) is 8. The molecule has 2 aromatic carbocycles. The Kier molecular flexibility index (Phi) is 9.74. The minimum atomic E-state index is -1.53. The Labute approximate surface area is 202 Å². The summed E-state index contributed by atoms with van der Waals surface area (Å²) in [5.74, 6) is 0.111. The largest absolute Gasteiger partial charge is 0.497 e. The summed E-state index contributed by atoms with van der Waals surface area (Å²) in [6, 6.07) is 6.37. The molecule has 0 aliphatic rings. The van der Waals surface area contributed by atoms with Crippen molar-refractivity contribution < 1.29 is 28.5 Å². The summed E-state index contributed by atoms with van der Waals surface area (Å²) < 4.78 is 22.2. The maximum atomic E-state index is 13.1. The average molecular weight is 498 g/mol. The summed E-state index contributed by atoms with van der Waals surface area (Å²) in [6.07, 6.45) is 0. The smallest absolute Gasteiger partial charge is 0.276 e. The van der Waals surface area contributed by atoms with Gasteiger partial charge in [0.1, 0.15) is 28.6 Å². The highest BCUT2D eigenvalue weighted by atomic mass is 35.5. The maximum Gasteiger partial charge on any atom is 0.276 e. The Hall–Kier alpha value is -3.04. The van der Waals surface area contributed by atoms with Crippen molar-refractivity contribution in [2.75, 3.05) is 31.9 Å². The molecule has 0 aromatic heterocycles. The van der Waals surface area contributed by atoms with E-state index in [0.717, 1.165) is 4.42 Å². The second-order valence-electron chi connectivity index (χ2n) is 6.50. The van der Waals surface area contributed by atoms with Gasteiger partial charge in [0, 0.05) is 30.0 Å². The lowest BCUT2D eigenvalue weighted by molar-refractivity contribution is -0.126. The van der Waals surface area contributed by atoms with Gasteiger partial charge in [-0.2, -0.15) is 5.11 Å². The zero-order chi connectivity index (χ0) is 24.5. The first-order valence-corrected chi connectivity index (χ1v) is 10.7. The third-order valence-electron chi connectivity index (χ3n) is 4.30. The summed E-state index contributed by atoms with van der Waals surface area (Å²) >= 11 is 12.6. The number of methoxy groups -OCH3 is 2. The first kappa shape index (κ1) is 26.2. The molecule has 11 heteroatoms. The fourth-order valence-electron chi connectivity index (χ4n) is 2.75. The number of carbonyl (C=O) groups is 2. The van der Waals surface area contributed by atoms with Crippen LogP contribution in [0.15, 0.2) is 40.6 Å². The van der Waals surface area contributed by atoms with Crippen LogP contribution in [0.4, 0.5) is 11.4 Å². The van der Waals surface area contributed by atoms with Crippen LogP contribution < -0.4 is 23.4 Å². The Balaban J connectivity index is 2.42. The third-order valence-corrected chi connectivity index (χ3v) is 4.93. The molecule has 0 fully saturated rings. The number of nitrogens with zero attached hydrogens (tertiary/aromatic N) is 3. The van der Waals surface area contributed by atoms with Gasteiger partial charge < -0.3 is 18.9 Å². The monoisotopic (exact) mass is 497 g/mol. The van der Waals surface area contributed by atoms with Gasteiger partial charge in [0.25, 0.3) is 5.91 Å². The molecule has 0 N–H and O–H groups in total. The van der Waals surface area contributed by atoms with E-state index < -0.39 is 17.7 Å². The number of hydrogen-bond donors (Lipinski definition) is 0. The van der Waals surface area contributed by atoms with Crippen LogP contribution in [-0.2, 0) is 9.59 Å². The lowest BCUT2D eigenvalue weighted by Gasteiger charge is -2.20. The van der Waals surface area contributed by atoms with Crippen LogP contribution in [0.5, 0.6) is 23.0 Å². The van der Waals surface area contributed by atoms with Crippen molar-refractivity contribution in [2.45, 2.75) is 26.8 Å². The van der Waals surface area contributed by atoms with Crippen LogP contribution in [0, 0.1) is 0 Å².